The Morgan fingerprint density at radius 1 is 0.897 bits per heavy atom. The quantitative estimate of drug-likeness (QED) is 0.223. The normalized spacial score (nSPS) is 14.9. The second-order valence-corrected chi connectivity index (χ2v) is 8.38. The van der Waals surface area contributed by atoms with Crippen molar-refractivity contribution in [2.24, 2.45) is 5.92 Å². The van der Waals surface area contributed by atoms with Crippen molar-refractivity contribution in [1.82, 2.24) is 0 Å². The summed E-state index contributed by atoms with van der Waals surface area (Å²) in [7, 11) is 3.44. The zero-order valence-electron chi connectivity index (χ0n) is 19.8. The van der Waals surface area contributed by atoms with Crippen LogP contribution in [0.15, 0.2) is 41.0 Å². The molecule has 159 valence electrons. The molecular formula is C26H42NSiTi. The van der Waals surface area contributed by atoms with Crippen LogP contribution in [0, 0.1) is 18.9 Å². The van der Waals surface area contributed by atoms with Crippen LogP contribution in [0.3, 0.4) is 0 Å². The molecule has 0 aromatic heterocycles. The second-order valence-electron chi connectivity index (χ2n) is 7.84. The number of allylic oxidation sites excluding steroid dienone is 4. The van der Waals surface area contributed by atoms with Gasteiger partial charge in [0.15, 0.2) is 0 Å². The molecule has 2 rings (SSSR count). The van der Waals surface area contributed by atoms with Gasteiger partial charge in [0, 0.05) is 0 Å². The van der Waals surface area contributed by atoms with Crippen LogP contribution in [0.1, 0.15) is 91.5 Å². The van der Waals surface area contributed by atoms with E-state index in [4.69, 9.17) is 5.73 Å². The number of hydrogen-bond acceptors (Lipinski definition) is 0. The Balaban J connectivity index is 0. The molecule has 1 unspecified atom stereocenters. The molecule has 0 bridgehead atoms. The maximum atomic E-state index is 6.95. The van der Waals surface area contributed by atoms with Crippen molar-refractivity contribution in [3.05, 3.63) is 58.4 Å². The summed E-state index contributed by atoms with van der Waals surface area (Å²) in [6.45, 7) is 13.6. The Hall–Kier alpha value is -0.409. The third kappa shape index (κ3) is 15.1. The van der Waals surface area contributed by atoms with E-state index in [0.29, 0.717) is 12.5 Å². The molecule has 0 aliphatic heterocycles. The average Bonchev–Trinajstić information content (AvgIpc) is 2.90. The van der Waals surface area contributed by atoms with Gasteiger partial charge < -0.3 is 5.73 Å². The van der Waals surface area contributed by atoms with Gasteiger partial charge in [0.1, 0.15) is 0 Å². The summed E-state index contributed by atoms with van der Waals surface area (Å²) >= 11 is 0. The Kier molecular flexibility index (Phi) is 20.7. The van der Waals surface area contributed by atoms with Gasteiger partial charge in [-0.3, -0.25) is 6.08 Å². The zero-order valence-corrected chi connectivity index (χ0v) is 22.3. The Bertz CT molecular complexity index is 563. The third-order valence-electron chi connectivity index (χ3n) is 5.41. The Morgan fingerprint density at radius 2 is 1.41 bits per heavy atom. The minimum absolute atomic E-state index is 0. The number of hydrogen-bond donors (Lipinski definition) is 0. The summed E-state index contributed by atoms with van der Waals surface area (Å²) in [5, 5.41) is 1.17. The summed E-state index contributed by atoms with van der Waals surface area (Å²) in [6, 6.07) is 8.14. The zero-order chi connectivity index (χ0) is 21.4. The van der Waals surface area contributed by atoms with Crippen molar-refractivity contribution in [1.29, 1.82) is 0 Å². The minimum Gasteiger partial charge on any atom is -0.677 e. The Labute approximate surface area is 200 Å². The fourth-order valence-electron chi connectivity index (χ4n) is 2.99. The fourth-order valence-corrected chi connectivity index (χ4v) is 3.17. The van der Waals surface area contributed by atoms with Crippen LogP contribution in [0.25, 0.3) is 5.73 Å². The molecule has 0 saturated heterocycles. The van der Waals surface area contributed by atoms with Crippen LogP contribution in [0.5, 0.6) is 0 Å². The second kappa shape index (κ2) is 19.5. The van der Waals surface area contributed by atoms with Gasteiger partial charge in [-0.15, -0.1) is 6.92 Å². The van der Waals surface area contributed by atoms with E-state index in [2.05, 4.69) is 63.9 Å². The molecule has 1 N–H and O–H groups in total. The average molecular weight is 445 g/mol. The predicted molar refractivity (Wildman–Crippen MR) is 128 cm³/mol. The van der Waals surface area contributed by atoms with Crippen molar-refractivity contribution in [3.63, 3.8) is 0 Å². The molecule has 0 fully saturated rings. The first-order valence-electron chi connectivity index (χ1n) is 11.0. The standard InChI is InChI=1S/C10H22N.C9H13.C7H7Si.Ti/c1-2-3-4-5-6-7-8-9-10-11;1-6-5-7(2)9(4)8(6)3;1-6-4-2-3-5-7(6)8;/h11H,2-10H2,1H3;6H,1-4H3;2-5H,1H3;/q2*-1;;+2. The van der Waals surface area contributed by atoms with Crippen LogP contribution in [0.2, 0.25) is 0 Å². The minimum atomic E-state index is 0. The van der Waals surface area contributed by atoms with Crippen molar-refractivity contribution >= 4 is 15.4 Å². The van der Waals surface area contributed by atoms with Gasteiger partial charge in [0.25, 0.3) is 0 Å². The molecule has 1 aromatic carbocycles. The largest absolute Gasteiger partial charge is 2.00 e. The molecule has 1 atom stereocenters. The first kappa shape index (κ1) is 30.8. The van der Waals surface area contributed by atoms with Crippen molar-refractivity contribution in [3.8, 4) is 0 Å². The smallest absolute Gasteiger partial charge is 0.677 e. The number of nitrogens with one attached hydrogen (secondary N) is 1. The molecule has 0 saturated carbocycles. The van der Waals surface area contributed by atoms with Crippen LogP contribution < -0.4 is 5.19 Å². The van der Waals surface area contributed by atoms with Gasteiger partial charge in [0.2, 0.25) is 0 Å². The molecule has 0 spiro atoms. The van der Waals surface area contributed by atoms with E-state index in [1.54, 1.807) is 0 Å². The number of unbranched alkanes of at least 4 members (excludes halogenated alkanes) is 7. The van der Waals surface area contributed by atoms with Crippen molar-refractivity contribution in [2.45, 2.75) is 92.9 Å². The fraction of sp³-hybridized carbons (Fsp3) is 0.615. The predicted octanol–water partition coefficient (Wildman–Crippen LogP) is 7.69. The van der Waals surface area contributed by atoms with E-state index >= 15 is 0 Å². The van der Waals surface area contributed by atoms with Gasteiger partial charge in [-0.05, 0) is 6.92 Å². The molecule has 1 aliphatic rings. The van der Waals surface area contributed by atoms with Crippen LogP contribution in [-0.4, -0.2) is 16.8 Å². The first-order valence-corrected chi connectivity index (χ1v) is 11.5. The van der Waals surface area contributed by atoms with Gasteiger partial charge in [-0.2, -0.15) is 17.7 Å². The maximum absolute atomic E-state index is 6.95. The number of aryl methyl sites for hydroxylation is 1. The summed E-state index contributed by atoms with van der Waals surface area (Å²) in [4.78, 5) is 0. The van der Waals surface area contributed by atoms with Gasteiger partial charge in [0.05, 0.1) is 10.2 Å². The van der Waals surface area contributed by atoms with Crippen molar-refractivity contribution < 1.29 is 21.7 Å². The molecule has 3 heteroatoms. The van der Waals surface area contributed by atoms with E-state index < -0.39 is 0 Å². The first-order chi connectivity index (χ1) is 13.3. The van der Waals surface area contributed by atoms with E-state index in [-0.39, 0.29) is 21.7 Å². The molecule has 1 aromatic rings. The van der Waals surface area contributed by atoms with Crippen LogP contribution in [-0.2, 0) is 21.7 Å². The maximum Gasteiger partial charge on any atom is 2.00 e. The van der Waals surface area contributed by atoms with E-state index in [9.17, 15) is 0 Å². The van der Waals surface area contributed by atoms with E-state index in [1.165, 1.54) is 72.4 Å². The van der Waals surface area contributed by atoms with Gasteiger partial charge >= 0.3 is 21.7 Å². The monoisotopic (exact) mass is 444 g/mol. The molecule has 1 nitrogen and oxygen atoms in total. The third-order valence-corrected chi connectivity index (χ3v) is 5.97. The molecular weight excluding hydrogens is 402 g/mol. The SMILES string of the molecule is CC1=[C-]C(C)C(C)=C1C.CCCCCCCCCC[NH-].Cc1ccccc1[Si].[Ti+2]. The summed E-state index contributed by atoms with van der Waals surface area (Å²) < 4.78 is 0. The van der Waals surface area contributed by atoms with Crippen LogP contribution >= 0.6 is 0 Å². The van der Waals surface area contributed by atoms with Gasteiger partial charge in [-0.1, -0.05) is 120 Å². The molecule has 3 radical (unpaired) electrons. The number of rotatable bonds is 8. The number of benzene rings is 1. The summed E-state index contributed by atoms with van der Waals surface area (Å²) in [5.41, 5.74) is 12.5. The molecule has 1 aliphatic carbocycles. The summed E-state index contributed by atoms with van der Waals surface area (Å²) in [6.07, 6.45) is 14.0. The van der Waals surface area contributed by atoms with Crippen LogP contribution in [0.4, 0.5) is 0 Å². The van der Waals surface area contributed by atoms with Crippen molar-refractivity contribution in [2.75, 3.05) is 6.54 Å². The molecule has 29 heavy (non-hydrogen) atoms. The molecule has 0 amide bonds. The Morgan fingerprint density at radius 3 is 1.72 bits per heavy atom. The van der Waals surface area contributed by atoms with Gasteiger partial charge in [-0.25, -0.2) is 5.57 Å². The summed E-state index contributed by atoms with van der Waals surface area (Å²) in [5.74, 6) is 0.560. The van der Waals surface area contributed by atoms with E-state index in [1.807, 2.05) is 18.2 Å². The topological polar surface area (TPSA) is 23.8 Å². The van der Waals surface area contributed by atoms with E-state index in [0.717, 1.165) is 6.42 Å². The molecule has 0 heterocycles.